The predicted molar refractivity (Wildman–Crippen MR) is 89.4 cm³/mol. The highest BCUT2D eigenvalue weighted by atomic mass is 79.9. The summed E-state index contributed by atoms with van der Waals surface area (Å²) in [5, 5.41) is 0.758. The molecule has 0 saturated carbocycles. The zero-order chi connectivity index (χ0) is 14.2. The molecule has 2 aliphatic heterocycles. The van der Waals surface area contributed by atoms with E-state index in [-0.39, 0.29) is 11.6 Å². The fourth-order valence-corrected chi connectivity index (χ4v) is 5.44. The summed E-state index contributed by atoms with van der Waals surface area (Å²) in [4.78, 5) is 0. The molecular weight excluding hydrogens is 358 g/mol. The van der Waals surface area contributed by atoms with Crippen LogP contribution in [0.4, 0.5) is 0 Å². The number of thioether (sulfide) groups is 1. The van der Waals surface area contributed by atoms with Crippen LogP contribution in [-0.2, 0) is 4.74 Å². The van der Waals surface area contributed by atoms with Crippen LogP contribution in [-0.4, -0.2) is 23.7 Å². The number of nitrogens with two attached hydrogens (primary N) is 1. The van der Waals surface area contributed by atoms with Crippen LogP contribution >= 0.6 is 39.3 Å². The van der Waals surface area contributed by atoms with Gasteiger partial charge in [-0.1, -0.05) is 33.6 Å². The molecule has 0 aromatic heterocycles. The molecule has 2 aliphatic rings. The lowest BCUT2D eigenvalue weighted by Gasteiger charge is -2.40. The van der Waals surface area contributed by atoms with Gasteiger partial charge >= 0.3 is 0 Å². The fourth-order valence-electron chi connectivity index (χ4n) is 3.26. The summed E-state index contributed by atoms with van der Waals surface area (Å²) in [7, 11) is 0. The Kier molecular flexibility index (Phi) is 4.68. The topological polar surface area (TPSA) is 35.2 Å². The van der Waals surface area contributed by atoms with Crippen molar-refractivity contribution in [2.75, 3.05) is 18.1 Å². The van der Waals surface area contributed by atoms with Gasteiger partial charge in [0.15, 0.2) is 0 Å². The fraction of sp³-hybridized carbons (Fsp3) is 0.600. The molecule has 1 spiro atoms. The molecule has 0 aliphatic carbocycles. The second-order valence-electron chi connectivity index (χ2n) is 5.78. The van der Waals surface area contributed by atoms with Crippen molar-refractivity contribution >= 4 is 39.3 Å². The standard InChI is InChI=1S/C15H19BrClNOS/c16-11-1-2-12(13(17)7-11)14(18)10-3-5-19-15(8-10)4-6-20-9-15/h1-2,7,10,14H,3-6,8-9,18H2. The van der Waals surface area contributed by atoms with Crippen LogP contribution in [0.3, 0.4) is 0 Å². The van der Waals surface area contributed by atoms with Crippen LogP contribution < -0.4 is 5.73 Å². The third-order valence-electron chi connectivity index (χ3n) is 4.43. The Labute approximate surface area is 137 Å². The summed E-state index contributed by atoms with van der Waals surface area (Å²) in [6.07, 6.45) is 3.25. The van der Waals surface area contributed by atoms with Crippen molar-refractivity contribution in [3.63, 3.8) is 0 Å². The Morgan fingerprint density at radius 3 is 3.05 bits per heavy atom. The van der Waals surface area contributed by atoms with Crippen molar-refractivity contribution in [3.05, 3.63) is 33.3 Å². The minimum Gasteiger partial charge on any atom is -0.374 e. The van der Waals surface area contributed by atoms with Crippen LogP contribution in [0.5, 0.6) is 0 Å². The molecule has 20 heavy (non-hydrogen) atoms. The number of ether oxygens (including phenoxy) is 1. The lowest BCUT2D eigenvalue weighted by atomic mass is 9.79. The van der Waals surface area contributed by atoms with Crippen molar-refractivity contribution in [1.82, 2.24) is 0 Å². The van der Waals surface area contributed by atoms with Gasteiger partial charge in [-0.05, 0) is 48.6 Å². The maximum atomic E-state index is 6.51. The van der Waals surface area contributed by atoms with Gasteiger partial charge in [-0.25, -0.2) is 0 Å². The van der Waals surface area contributed by atoms with Gasteiger partial charge in [0.2, 0.25) is 0 Å². The van der Waals surface area contributed by atoms with E-state index in [0.717, 1.165) is 46.7 Å². The van der Waals surface area contributed by atoms with E-state index >= 15 is 0 Å². The van der Waals surface area contributed by atoms with Crippen LogP contribution in [0.2, 0.25) is 5.02 Å². The lowest BCUT2D eigenvalue weighted by Crippen LogP contribution is -2.42. The molecule has 2 heterocycles. The zero-order valence-corrected chi connectivity index (χ0v) is 14.4. The Hall–Kier alpha value is 0.260. The minimum absolute atomic E-state index is 0.00183. The molecular formula is C15H19BrClNOS. The van der Waals surface area contributed by atoms with Crippen molar-refractivity contribution in [2.45, 2.75) is 30.9 Å². The number of hydrogen-bond donors (Lipinski definition) is 1. The Morgan fingerprint density at radius 2 is 2.35 bits per heavy atom. The first-order valence-electron chi connectivity index (χ1n) is 7.02. The number of hydrogen-bond acceptors (Lipinski definition) is 3. The molecule has 0 amide bonds. The lowest BCUT2D eigenvalue weighted by molar-refractivity contribution is -0.0834. The zero-order valence-electron chi connectivity index (χ0n) is 11.3. The summed E-state index contributed by atoms with van der Waals surface area (Å²) >= 11 is 11.8. The maximum absolute atomic E-state index is 6.51. The van der Waals surface area contributed by atoms with E-state index in [2.05, 4.69) is 15.9 Å². The molecule has 2 saturated heterocycles. The average Bonchev–Trinajstić information content (AvgIpc) is 2.86. The Bertz CT molecular complexity index is 493. The molecule has 2 nitrogen and oxygen atoms in total. The number of halogens is 2. The van der Waals surface area contributed by atoms with E-state index in [1.165, 1.54) is 5.75 Å². The van der Waals surface area contributed by atoms with Gasteiger partial charge in [0.1, 0.15) is 0 Å². The van der Waals surface area contributed by atoms with E-state index in [9.17, 15) is 0 Å². The molecule has 5 heteroatoms. The highest BCUT2D eigenvalue weighted by Gasteiger charge is 2.42. The molecule has 3 unspecified atom stereocenters. The molecule has 3 rings (SSSR count). The van der Waals surface area contributed by atoms with E-state index in [1.54, 1.807) is 0 Å². The van der Waals surface area contributed by atoms with Gasteiger partial charge in [-0.15, -0.1) is 0 Å². The molecule has 3 atom stereocenters. The molecule has 2 N–H and O–H groups in total. The van der Waals surface area contributed by atoms with Gasteiger partial charge in [-0.2, -0.15) is 11.8 Å². The highest BCUT2D eigenvalue weighted by molar-refractivity contribution is 9.10. The molecule has 0 radical (unpaired) electrons. The SMILES string of the molecule is NC(c1ccc(Br)cc1Cl)C1CCOC2(CCSC2)C1. The summed E-state index contributed by atoms with van der Waals surface area (Å²) in [6.45, 7) is 0.826. The predicted octanol–water partition coefficient (Wildman–Crippen LogP) is 4.40. The smallest absolute Gasteiger partial charge is 0.0783 e. The van der Waals surface area contributed by atoms with Gasteiger partial charge < -0.3 is 10.5 Å². The van der Waals surface area contributed by atoms with Crippen molar-refractivity contribution in [1.29, 1.82) is 0 Å². The average molecular weight is 377 g/mol. The van der Waals surface area contributed by atoms with Crippen molar-refractivity contribution in [2.24, 2.45) is 11.7 Å². The van der Waals surface area contributed by atoms with E-state index in [1.807, 2.05) is 30.0 Å². The number of benzene rings is 1. The summed E-state index contributed by atoms with van der Waals surface area (Å²) in [5.41, 5.74) is 7.64. The second kappa shape index (κ2) is 6.17. The normalized spacial score (nSPS) is 31.6. The van der Waals surface area contributed by atoms with Crippen LogP contribution in [0.15, 0.2) is 22.7 Å². The van der Waals surface area contributed by atoms with Crippen LogP contribution in [0.25, 0.3) is 0 Å². The third kappa shape index (κ3) is 3.05. The van der Waals surface area contributed by atoms with Gasteiger partial charge in [0, 0.05) is 27.9 Å². The monoisotopic (exact) mass is 375 g/mol. The van der Waals surface area contributed by atoms with Gasteiger partial charge in [-0.3, -0.25) is 0 Å². The Balaban J connectivity index is 1.77. The van der Waals surface area contributed by atoms with Crippen LogP contribution in [0.1, 0.15) is 30.9 Å². The van der Waals surface area contributed by atoms with Crippen LogP contribution in [0, 0.1) is 5.92 Å². The first-order chi connectivity index (χ1) is 9.60. The van der Waals surface area contributed by atoms with Crippen molar-refractivity contribution < 1.29 is 4.74 Å². The minimum atomic E-state index is 0.00183. The van der Waals surface area contributed by atoms with E-state index in [0.29, 0.717) is 5.92 Å². The molecule has 2 fully saturated rings. The molecule has 110 valence electrons. The third-order valence-corrected chi connectivity index (χ3v) is 6.47. The molecule has 1 aromatic rings. The molecule has 0 bridgehead atoms. The first kappa shape index (κ1) is 15.2. The largest absolute Gasteiger partial charge is 0.374 e. The summed E-state index contributed by atoms with van der Waals surface area (Å²) in [5.74, 6) is 2.78. The maximum Gasteiger partial charge on any atom is 0.0783 e. The number of rotatable bonds is 2. The quantitative estimate of drug-likeness (QED) is 0.830. The molecule has 1 aromatic carbocycles. The van der Waals surface area contributed by atoms with Gasteiger partial charge in [0.05, 0.1) is 5.60 Å². The second-order valence-corrected chi connectivity index (χ2v) is 8.21. The summed E-state index contributed by atoms with van der Waals surface area (Å²) < 4.78 is 7.07. The van der Waals surface area contributed by atoms with Gasteiger partial charge in [0.25, 0.3) is 0 Å². The first-order valence-corrected chi connectivity index (χ1v) is 9.34. The Morgan fingerprint density at radius 1 is 1.50 bits per heavy atom. The van der Waals surface area contributed by atoms with Crippen molar-refractivity contribution in [3.8, 4) is 0 Å². The van der Waals surface area contributed by atoms with E-state index < -0.39 is 0 Å². The highest BCUT2D eigenvalue weighted by Crippen LogP contribution is 2.44. The summed E-state index contributed by atoms with van der Waals surface area (Å²) in [6, 6.07) is 5.99. The van der Waals surface area contributed by atoms with E-state index in [4.69, 9.17) is 22.1 Å².